The van der Waals surface area contributed by atoms with E-state index in [1.54, 1.807) is 11.0 Å². The maximum atomic E-state index is 12.8. The van der Waals surface area contributed by atoms with Crippen LogP contribution in [-0.2, 0) is 20.9 Å². The molecule has 0 bridgehead atoms. The van der Waals surface area contributed by atoms with Gasteiger partial charge in [-0.25, -0.2) is 9.36 Å². The number of benzene rings is 1. The third-order valence-electron chi connectivity index (χ3n) is 6.78. The third-order valence-corrected chi connectivity index (χ3v) is 6.78. The molecule has 3 atom stereocenters. The fraction of sp³-hybridized carbons (Fsp3) is 0.259. The van der Waals surface area contributed by atoms with Crippen LogP contribution >= 0.6 is 0 Å². The molecule has 2 fully saturated rings. The summed E-state index contributed by atoms with van der Waals surface area (Å²) < 4.78 is 2.05. The summed E-state index contributed by atoms with van der Waals surface area (Å²) in [6.07, 6.45) is 12.3. The fourth-order valence-corrected chi connectivity index (χ4v) is 5.27. The summed E-state index contributed by atoms with van der Waals surface area (Å²) in [5.41, 5.74) is 2.73. The average Bonchev–Trinajstić information content (AvgIpc) is 3.20. The number of β-lactam (4-membered cyclic amide) rings is 1. The van der Waals surface area contributed by atoms with E-state index in [1.165, 1.54) is 11.8 Å². The molecule has 35 heavy (non-hydrogen) atoms. The Balaban J connectivity index is 0.00000289. The molecule has 8 heteroatoms. The molecule has 0 spiro atoms. The predicted octanol–water partition coefficient (Wildman–Crippen LogP) is 1.85. The van der Waals surface area contributed by atoms with Gasteiger partial charge in [0.05, 0.1) is 6.04 Å². The van der Waals surface area contributed by atoms with Gasteiger partial charge in [-0.1, -0.05) is 42.5 Å². The first-order chi connectivity index (χ1) is 16.4. The van der Waals surface area contributed by atoms with Crippen LogP contribution in [0.1, 0.15) is 24.5 Å². The van der Waals surface area contributed by atoms with Crippen molar-refractivity contribution < 1.29 is 24.1 Å². The molecule has 2 aromatic rings. The monoisotopic (exact) mass is 480 g/mol. The Morgan fingerprint density at radius 1 is 1.09 bits per heavy atom. The van der Waals surface area contributed by atoms with Gasteiger partial charge in [0.15, 0.2) is 18.9 Å². The number of likely N-dealkylation sites (tertiary alicyclic amines) is 1. The van der Waals surface area contributed by atoms with Crippen molar-refractivity contribution in [2.75, 3.05) is 6.54 Å². The number of rotatable bonds is 6. The molecule has 0 radical (unpaired) electrons. The third kappa shape index (κ3) is 4.76. The molecule has 1 aromatic heterocycles. The average molecular weight is 481 g/mol. The van der Waals surface area contributed by atoms with Crippen LogP contribution < -0.4 is 4.57 Å². The molecule has 7 nitrogen and oxygen atoms in total. The molecule has 1 aromatic carbocycles. The second-order valence-electron chi connectivity index (χ2n) is 8.94. The Kier molecular flexibility index (Phi) is 7.40. The molecular weight excluding hydrogens is 453 g/mol. The van der Waals surface area contributed by atoms with Crippen LogP contribution in [-0.4, -0.2) is 80.9 Å². The predicted molar refractivity (Wildman–Crippen MR) is 133 cm³/mol. The van der Waals surface area contributed by atoms with Crippen molar-refractivity contribution in [1.29, 1.82) is 0 Å². The minimum absolute atomic E-state index is 0. The van der Waals surface area contributed by atoms with Crippen LogP contribution in [0.15, 0.2) is 78.3 Å². The molecule has 0 aliphatic carbocycles. The second-order valence-corrected chi connectivity index (χ2v) is 8.94. The molecule has 3 aliphatic rings. The molecule has 0 saturated carbocycles. The Hall–Kier alpha value is -3.00. The van der Waals surface area contributed by atoms with Gasteiger partial charge in [0.1, 0.15) is 11.7 Å². The minimum atomic E-state index is -1.11. The molecular formula is C27H27N3NaO4+. The van der Waals surface area contributed by atoms with E-state index in [9.17, 15) is 19.5 Å². The van der Waals surface area contributed by atoms with Gasteiger partial charge >= 0.3 is 35.5 Å². The van der Waals surface area contributed by atoms with E-state index in [2.05, 4.69) is 12.2 Å². The number of hydrogen-bond acceptors (Lipinski definition) is 3. The topological polar surface area (TPSA) is 81.8 Å². The Morgan fingerprint density at radius 3 is 2.54 bits per heavy atom. The van der Waals surface area contributed by atoms with Gasteiger partial charge < -0.3 is 10.0 Å². The number of amides is 2. The van der Waals surface area contributed by atoms with Crippen molar-refractivity contribution in [2.45, 2.75) is 32.0 Å². The van der Waals surface area contributed by atoms with Gasteiger partial charge in [-0.05, 0) is 35.8 Å². The van der Waals surface area contributed by atoms with Crippen molar-refractivity contribution in [3.63, 3.8) is 0 Å². The Morgan fingerprint density at radius 2 is 1.83 bits per heavy atom. The molecule has 4 heterocycles. The van der Waals surface area contributed by atoms with Crippen molar-refractivity contribution in [3.8, 4) is 0 Å². The number of carboxylic acid groups (broad SMARTS) is 1. The van der Waals surface area contributed by atoms with Crippen LogP contribution in [0.25, 0.3) is 12.2 Å². The SMILES string of the molecule is CC(=O)N1C[C@H]2CC(/C=C/c3ccc[n+](C/C=C/c4ccccc4)c3)=C(C(=O)O)N3C(=O)[C@@H]1[C@@H]23.[NaH]. The van der Waals surface area contributed by atoms with Gasteiger partial charge in [0, 0.05) is 31.0 Å². The number of carbonyl (C=O) groups is 3. The van der Waals surface area contributed by atoms with Gasteiger partial charge in [-0.2, -0.15) is 0 Å². The summed E-state index contributed by atoms with van der Waals surface area (Å²) in [4.78, 5) is 39.8. The summed E-state index contributed by atoms with van der Waals surface area (Å²) in [6, 6.07) is 13.3. The van der Waals surface area contributed by atoms with E-state index in [4.69, 9.17) is 0 Å². The quantitative estimate of drug-likeness (QED) is 0.389. The van der Waals surface area contributed by atoms with Crippen LogP contribution in [0.2, 0.25) is 0 Å². The van der Waals surface area contributed by atoms with E-state index in [0.717, 1.165) is 11.1 Å². The summed E-state index contributed by atoms with van der Waals surface area (Å²) in [7, 11) is 0. The van der Waals surface area contributed by atoms with Gasteiger partial charge in [0.2, 0.25) is 5.91 Å². The van der Waals surface area contributed by atoms with Crippen molar-refractivity contribution in [3.05, 3.63) is 89.4 Å². The van der Waals surface area contributed by atoms with Crippen LogP contribution in [0.5, 0.6) is 0 Å². The van der Waals surface area contributed by atoms with E-state index >= 15 is 0 Å². The molecule has 2 saturated heterocycles. The number of pyridine rings is 1. The summed E-state index contributed by atoms with van der Waals surface area (Å²) >= 11 is 0. The molecule has 5 rings (SSSR count). The number of aliphatic carboxylic acids is 1. The summed E-state index contributed by atoms with van der Waals surface area (Å²) in [6.45, 7) is 2.64. The van der Waals surface area contributed by atoms with E-state index in [0.29, 0.717) is 25.1 Å². The number of nitrogens with zero attached hydrogens (tertiary/aromatic N) is 3. The summed E-state index contributed by atoms with van der Waals surface area (Å²) in [5.74, 6) is -1.50. The second kappa shape index (κ2) is 10.3. The summed E-state index contributed by atoms with van der Waals surface area (Å²) in [5, 5.41) is 9.87. The van der Waals surface area contributed by atoms with Crippen LogP contribution in [0, 0.1) is 5.92 Å². The fourth-order valence-electron chi connectivity index (χ4n) is 5.27. The van der Waals surface area contributed by atoms with Gasteiger partial charge in [-0.15, -0.1) is 0 Å². The molecule has 2 amide bonds. The van der Waals surface area contributed by atoms with Crippen molar-refractivity contribution in [1.82, 2.24) is 9.80 Å². The standard InChI is InChI=1S/C27H25N3O4.Na.H/c1-18(31)29-17-22-15-21(24(27(33)34)30-23(22)25(29)26(30)32)12-11-20-10-6-14-28(16-20)13-5-9-19-7-3-2-4-8-19;;/h2-12,14,16,22-23,25H,13,15,17H2,1H3;;/p+1/b9-5+,12-11+;;/t22-,23-,25+;;/m1../s1. The first-order valence-corrected chi connectivity index (χ1v) is 11.4. The Labute approximate surface area is 226 Å². The first kappa shape index (κ1) is 25.1. The molecule has 3 aliphatic heterocycles. The van der Waals surface area contributed by atoms with Crippen molar-refractivity contribution >= 4 is 59.5 Å². The number of carboxylic acids is 1. The van der Waals surface area contributed by atoms with E-state index in [-0.39, 0.29) is 59.0 Å². The maximum absolute atomic E-state index is 12.8. The zero-order valence-electron chi connectivity index (χ0n) is 18.9. The zero-order valence-corrected chi connectivity index (χ0v) is 18.9. The number of aromatic nitrogens is 1. The van der Waals surface area contributed by atoms with Crippen molar-refractivity contribution in [2.24, 2.45) is 5.92 Å². The number of hydrogen-bond donors (Lipinski definition) is 1. The van der Waals surface area contributed by atoms with Gasteiger partial charge in [0.25, 0.3) is 5.91 Å². The molecule has 174 valence electrons. The Bertz CT molecular complexity index is 1250. The first-order valence-electron chi connectivity index (χ1n) is 11.4. The van der Waals surface area contributed by atoms with Crippen LogP contribution in [0.4, 0.5) is 0 Å². The zero-order chi connectivity index (χ0) is 23.8. The molecule has 1 N–H and O–H groups in total. The van der Waals surface area contributed by atoms with E-state index < -0.39 is 12.0 Å². The molecule has 0 unspecified atom stereocenters. The number of allylic oxidation sites excluding steroid dienone is 3. The van der Waals surface area contributed by atoms with E-state index in [1.807, 2.05) is 65.5 Å². The van der Waals surface area contributed by atoms with Crippen LogP contribution in [0.3, 0.4) is 0 Å². The van der Waals surface area contributed by atoms with Gasteiger partial charge in [-0.3, -0.25) is 14.5 Å². The number of carbonyl (C=O) groups excluding carboxylic acids is 2. The normalized spacial score (nSPS) is 22.9.